The molecule has 0 aromatic heterocycles. The van der Waals surface area contributed by atoms with Gasteiger partial charge in [0.15, 0.2) is 0 Å². The van der Waals surface area contributed by atoms with E-state index in [-0.39, 0.29) is 0 Å². The van der Waals surface area contributed by atoms with Gasteiger partial charge >= 0.3 is 0 Å². The molecule has 1 atom stereocenters. The van der Waals surface area contributed by atoms with E-state index >= 15 is 0 Å². The van der Waals surface area contributed by atoms with Crippen molar-refractivity contribution in [1.29, 1.82) is 0 Å². The Hall–Kier alpha value is -1.26. The fourth-order valence-corrected chi connectivity index (χ4v) is 1.81. The Bertz CT molecular complexity index is 409. The van der Waals surface area contributed by atoms with Gasteiger partial charge in [0, 0.05) is 12.5 Å². The molecule has 1 aromatic rings. The smallest absolute Gasteiger partial charge is 0.0430 e. The van der Waals surface area contributed by atoms with Crippen molar-refractivity contribution in [2.24, 2.45) is 0 Å². The average molecular weight is 229 g/mol. The summed E-state index contributed by atoms with van der Waals surface area (Å²) in [6.07, 6.45) is 2.04. The van der Waals surface area contributed by atoms with E-state index in [1.807, 2.05) is 6.92 Å². The summed E-state index contributed by atoms with van der Waals surface area (Å²) >= 11 is 0. The van der Waals surface area contributed by atoms with Crippen LogP contribution >= 0.6 is 0 Å². The summed E-state index contributed by atoms with van der Waals surface area (Å²) in [6, 6.07) is 7.05. The molecular weight excluding hydrogens is 206 g/mol. The molecule has 0 radical (unpaired) electrons. The van der Waals surface area contributed by atoms with Gasteiger partial charge < -0.3 is 5.32 Å². The van der Waals surface area contributed by atoms with Gasteiger partial charge in [0.1, 0.15) is 0 Å². The molecule has 1 unspecified atom stereocenters. The Morgan fingerprint density at radius 1 is 1.24 bits per heavy atom. The maximum absolute atomic E-state index is 3.56. The lowest BCUT2D eigenvalue weighted by Crippen LogP contribution is -2.21. The number of hydrogen-bond donors (Lipinski definition) is 1. The quantitative estimate of drug-likeness (QED) is 0.758. The standard InChI is InChI=1S/C16H23N/c1-5-7-8-16(17-11-6-2)15-10-9-13(3)14(4)12-15/h9-10,12,16-17H,6,8,11H2,1-4H3. The molecule has 0 aliphatic carbocycles. The van der Waals surface area contributed by atoms with Crippen LogP contribution in [0.5, 0.6) is 0 Å². The Labute approximate surface area is 106 Å². The molecular formula is C16H23N. The topological polar surface area (TPSA) is 12.0 Å². The summed E-state index contributed by atoms with van der Waals surface area (Å²) in [5, 5.41) is 3.56. The van der Waals surface area contributed by atoms with Gasteiger partial charge in [-0.3, -0.25) is 0 Å². The molecule has 0 spiro atoms. The molecule has 1 nitrogen and oxygen atoms in total. The first-order valence-corrected chi connectivity index (χ1v) is 6.39. The summed E-state index contributed by atoms with van der Waals surface area (Å²) in [5.41, 5.74) is 4.06. The molecule has 17 heavy (non-hydrogen) atoms. The third-order valence-corrected chi connectivity index (χ3v) is 3.06. The molecule has 0 amide bonds. The van der Waals surface area contributed by atoms with Crippen molar-refractivity contribution in [3.8, 4) is 11.8 Å². The van der Waals surface area contributed by atoms with Crippen molar-refractivity contribution in [2.45, 2.75) is 46.6 Å². The first kappa shape index (κ1) is 13.8. The second kappa shape index (κ2) is 7.14. The zero-order chi connectivity index (χ0) is 12.7. The Morgan fingerprint density at radius 3 is 2.59 bits per heavy atom. The van der Waals surface area contributed by atoms with Gasteiger partial charge in [-0.25, -0.2) is 0 Å². The van der Waals surface area contributed by atoms with E-state index in [2.05, 4.69) is 56.1 Å². The van der Waals surface area contributed by atoms with Crippen LogP contribution in [0.25, 0.3) is 0 Å². The zero-order valence-corrected chi connectivity index (χ0v) is 11.4. The highest BCUT2D eigenvalue weighted by atomic mass is 14.9. The summed E-state index contributed by atoms with van der Waals surface area (Å²) < 4.78 is 0. The van der Waals surface area contributed by atoms with Crippen LogP contribution in [0.4, 0.5) is 0 Å². The third kappa shape index (κ3) is 4.24. The van der Waals surface area contributed by atoms with Crippen LogP contribution in [-0.4, -0.2) is 6.54 Å². The molecule has 1 aromatic carbocycles. The molecule has 0 fully saturated rings. The van der Waals surface area contributed by atoms with Crippen LogP contribution in [0.2, 0.25) is 0 Å². The molecule has 0 saturated carbocycles. The number of aryl methyl sites for hydroxylation is 2. The summed E-state index contributed by atoms with van der Waals surface area (Å²) in [4.78, 5) is 0. The minimum Gasteiger partial charge on any atom is -0.309 e. The molecule has 1 heteroatoms. The molecule has 0 aliphatic heterocycles. The maximum atomic E-state index is 3.56. The van der Waals surface area contributed by atoms with Crippen molar-refractivity contribution in [3.63, 3.8) is 0 Å². The van der Waals surface area contributed by atoms with Crippen LogP contribution in [0.3, 0.4) is 0 Å². The van der Waals surface area contributed by atoms with E-state index in [9.17, 15) is 0 Å². The largest absolute Gasteiger partial charge is 0.309 e. The number of benzene rings is 1. The van der Waals surface area contributed by atoms with Gasteiger partial charge in [0.05, 0.1) is 0 Å². The highest BCUT2D eigenvalue weighted by Gasteiger charge is 2.09. The van der Waals surface area contributed by atoms with Gasteiger partial charge in [-0.1, -0.05) is 25.1 Å². The van der Waals surface area contributed by atoms with Crippen molar-refractivity contribution in [1.82, 2.24) is 5.32 Å². The van der Waals surface area contributed by atoms with Crippen LogP contribution in [0, 0.1) is 25.7 Å². The lowest BCUT2D eigenvalue weighted by atomic mass is 9.99. The molecule has 0 aliphatic rings. The van der Waals surface area contributed by atoms with Crippen molar-refractivity contribution < 1.29 is 0 Å². The maximum Gasteiger partial charge on any atom is 0.0430 e. The van der Waals surface area contributed by atoms with Crippen LogP contribution < -0.4 is 5.32 Å². The number of hydrogen-bond acceptors (Lipinski definition) is 1. The zero-order valence-electron chi connectivity index (χ0n) is 11.4. The Morgan fingerprint density at radius 2 is 2.00 bits per heavy atom. The minimum atomic E-state index is 0.363. The first-order valence-electron chi connectivity index (χ1n) is 6.39. The average Bonchev–Trinajstić information content (AvgIpc) is 2.33. The summed E-state index contributed by atoms with van der Waals surface area (Å²) in [6.45, 7) is 9.46. The monoisotopic (exact) mass is 229 g/mol. The van der Waals surface area contributed by atoms with Gasteiger partial charge in [-0.05, 0) is 50.4 Å². The van der Waals surface area contributed by atoms with Crippen molar-refractivity contribution in [3.05, 3.63) is 34.9 Å². The third-order valence-electron chi connectivity index (χ3n) is 3.06. The van der Waals surface area contributed by atoms with Gasteiger partial charge in [-0.15, -0.1) is 11.8 Å². The summed E-state index contributed by atoms with van der Waals surface area (Å²) in [7, 11) is 0. The van der Waals surface area contributed by atoms with E-state index in [4.69, 9.17) is 0 Å². The second-order valence-electron chi connectivity index (χ2n) is 4.48. The van der Waals surface area contributed by atoms with E-state index < -0.39 is 0 Å². The highest BCUT2D eigenvalue weighted by Crippen LogP contribution is 2.19. The fourth-order valence-electron chi connectivity index (χ4n) is 1.81. The van der Waals surface area contributed by atoms with Gasteiger partial charge in [0.25, 0.3) is 0 Å². The van der Waals surface area contributed by atoms with E-state index in [0.29, 0.717) is 6.04 Å². The lowest BCUT2D eigenvalue weighted by Gasteiger charge is -2.17. The fraction of sp³-hybridized carbons (Fsp3) is 0.500. The predicted octanol–water partition coefficient (Wildman–Crippen LogP) is 3.76. The summed E-state index contributed by atoms with van der Waals surface area (Å²) in [5.74, 6) is 6.16. The van der Waals surface area contributed by atoms with Crippen LogP contribution in [0.1, 0.15) is 49.4 Å². The van der Waals surface area contributed by atoms with Crippen molar-refractivity contribution in [2.75, 3.05) is 6.54 Å². The molecule has 1 rings (SSSR count). The van der Waals surface area contributed by atoms with Crippen molar-refractivity contribution >= 4 is 0 Å². The predicted molar refractivity (Wildman–Crippen MR) is 75.0 cm³/mol. The molecule has 0 heterocycles. The van der Waals surface area contributed by atoms with Gasteiger partial charge in [-0.2, -0.15) is 0 Å². The first-order chi connectivity index (χ1) is 8.19. The molecule has 0 saturated heterocycles. The van der Waals surface area contributed by atoms with Gasteiger partial charge in [0.2, 0.25) is 0 Å². The van der Waals surface area contributed by atoms with Crippen LogP contribution in [0.15, 0.2) is 18.2 Å². The van der Waals surface area contributed by atoms with E-state index in [1.54, 1.807) is 0 Å². The highest BCUT2D eigenvalue weighted by molar-refractivity contribution is 5.32. The molecule has 92 valence electrons. The SMILES string of the molecule is CC#CCC(NCCC)c1ccc(C)c(C)c1. The molecule has 0 bridgehead atoms. The Kier molecular flexibility index (Phi) is 5.80. The van der Waals surface area contributed by atoms with Crippen LogP contribution in [-0.2, 0) is 0 Å². The minimum absolute atomic E-state index is 0.363. The number of rotatable bonds is 5. The normalized spacial score (nSPS) is 11.8. The van der Waals surface area contributed by atoms with E-state index in [1.165, 1.54) is 16.7 Å². The number of nitrogens with one attached hydrogen (secondary N) is 1. The second-order valence-corrected chi connectivity index (χ2v) is 4.48. The Balaban J connectivity index is 2.85. The lowest BCUT2D eigenvalue weighted by molar-refractivity contribution is 0.542. The van der Waals surface area contributed by atoms with E-state index in [0.717, 1.165) is 19.4 Å². The molecule has 1 N–H and O–H groups in total.